The fourth-order valence-corrected chi connectivity index (χ4v) is 2.54. The van der Waals surface area contributed by atoms with E-state index >= 15 is 0 Å². The molecular formula is C22H22N2O3. The van der Waals surface area contributed by atoms with E-state index in [1.807, 2.05) is 63.2 Å². The Bertz CT molecular complexity index is 950. The van der Waals surface area contributed by atoms with Crippen molar-refractivity contribution in [3.8, 4) is 22.4 Å². The minimum Gasteiger partial charge on any atom is -0.442 e. The SMILES string of the molecule is CC(C)(C)C(=O)OCn1ccc(-c2cccc(-c3ccc(C=O)cc3)c2)n1. The third-order valence-electron chi connectivity index (χ3n) is 4.12. The van der Waals surface area contributed by atoms with Crippen LogP contribution in [0.1, 0.15) is 31.1 Å². The maximum absolute atomic E-state index is 11.9. The van der Waals surface area contributed by atoms with Gasteiger partial charge >= 0.3 is 5.97 Å². The van der Waals surface area contributed by atoms with Crippen LogP contribution in [0, 0.1) is 5.41 Å². The topological polar surface area (TPSA) is 61.2 Å². The minimum absolute atomic E-state index is 0.0863. The van der Waals surface area contributed by atoms with Crippen LogP contribution in [-0.4, -0.2) is 22.0 Å². The fourth-order valence-electron chi connectivity index (χ4n) is 2.54. The standard InChI is InChI=1S/C22H22N2O3/c1-22(2,3)21(26)27-15-24-12-11-20(23-24)19-6-4-5-18(13-19)17-9-7-16(14-25)8-10-17/h4-14H,15H2,1-3H3. The zero-order valence-corrected chi connectivity index (χ0v) is 15.7. The van der Waals surface area contributed by atoms with Crippen molar-refractivity contribution in [3.05, 3.63) is 66.4 Å². The van der Waals surface area contributed by atoms with Gasteiger partial charge in [-0.2, -0.15) is 5.10 Å². The number of carbonyl (C=O) groups excluding carboxylic acids is 2. The van der Waals surface area contributed by atoms with Crippen molar-refractivity contribution in [2.24, 2.45) is 5.41 Å². The van der Waals surface area contributed by atoms with Crippen LogP contribution in [0.5, 0.6) is 0 Å². The number of hydrogen-bond acceptors (Lipinski definition) is 4. The molecule has 0 aliphatic heterocycles. The number of rotatable bonds is 5. The summed E-state index contributed by atoms with van der Waals surface area (Å²) in [6.07, 6.45) is 2.62. The van der Waals surface area contributed by atoms with Crippen LogP contribution in [0.25, 0.3) is 22.4 Å². The molecule has 0 N–H and O–H groups in total. The molecule has 0 aliphatic carbocycles. The van der Waals surface area contributed by atoms with Gasteiger partial charge in [-0.25, -0.2) is 4.68 Å². The Hall–Kier alpha value is -3.21. The molecule has 0 spiro atoms. The maximum Gasteiger partial charge on any atom is 0.313 e. The lowest BCUT2D eigenvalue weighted by Gasteiger charge is -2.16. The molecule has 0 saturated heterocycles. The zero-order chi connectivity index (χ0) is 19.4. The Balaban J connectivity index is 1.76. The Labute approximate surface area is 158 Å². The quantitative estimate of drug-likeness (QED) is 0.492. The molecule has 0 unspecified atom stereocenters. The molecule has 1 aromatic heterocycles. The third kappa shape index (κ3) is 4.50. The van der Waals surface area contributed by atoms with Crippen molar-refractivity contribution >= 4 is 12.3 Å². The Kier molecular flexibility index (Phi) is 5.21. The summed E-state index contributed by atoms with van der Waals surface area (Å²) in [6.45, 7) is 5.54. The van der Waals surface area contributed by atoms with E-state index in [9.17, 15) is 9.59 Å². The van der Waals surface area contributed by atoms with Crippen LogP contribution in [0.15, 0.2) is 60.8 Å². The molecule has 0 radical (unpaired) electrons. The summed E-state index contributed by atoms with van der Waals surface area (Å²) in [7, 11) is 0. The molecule has 2 aromatic carbocycles. The molecule has 0 fully saturated rings. The van der Waals surface area contributed by atoms with Gasteiger partial charge in [-0.15, -0.1) is 0 Å². The summed E-state index contributed by atoms with van der Waals surface area (Å²) in [4.78, 5) is 22.7. The molecule has 0 amide bonds. The van der Waals surface area contributed by atoms with E-state index in [1.165, 1.54) is 0 Å². The molecular weight excluding hydrogens is 340 g/mol. The first-order chi connectivity index (χ1) is 12.9. The van der Waals surface area contributed by atoms with Crippen LogP contribution in [0.2, 0.25) is 0 Å². The summed E-state index contributed by atoms with van der Waals surface area (Å²) in [5.74, 6) is -0.264. The van der Waals surface area contributed by atoms with Crippen LogP contribution < -0.4 is 0 Å². The first-order valence-corrected chi connectivity index (χ1v) is 8.73. The van der Waals surface area contributed by atoms with Gasteiger partial charge in [-0.3, -0.25) is 9.59 Å². The lowest BCUT2D eigenvalue weighted by molar-refractivity contribution is -0.157. The highest BCUT2D eigenvalue weighted by molar-refractivity contribution is 5.78. The fraction of sp³-hybridized carbons (Fsp3) is 0.227. The molecule has 0 atom stereocenters. The zero-order valence-electron chi connectivity index (χ0n) is 15.7. The van der Waals surface area contributed by atoms with Crippen molar-refractivity contribution in [1.82, 2.24) is 9.78 Å². The molecule has 0 aliphatic rings. The average molecular weight is 362 g/mol. The molecule has 1 heterocycles. The van der Waals surface area contributed by atoms with E-state index in [1.54, 1.807) is 23.0 Å². The highest BCUT2D eigenvalue weighted by Gasteiger charge is 2.23. The largest absolute Gasteiger partial charge is 0.442 e. The Morgan fingerprint density at radius 1 is 1.04 bits per heavy atom. The van der Waals surface area contributed by atoms with E-state index in [0.29, 0.717) is 5.56 Å². The summed E-state index contributed by atoms with van der Waals surface area (Å²) >= 11 is 0. The van der Waals surface area contributed by atoms with Gasteiger partial charge in [-0.05, 0) is 44.0 Å². The van der Waals surface area contributed by atoms with Gasteiger partial charge in [0.05, 0.1) is 11.1 Å². The van der Waals surface area contributed by atoms with Crippen molar-refractivity contribution in [2.45, 2.75) is 27.5 Å². The van der Waals surface area contributed by atoms with Gasteiger partial charge in [-0.1, -0.05) is 42.5 Å². The van der Waals surface area contributed by atoms with Gasteiger partial charge in [0, 0.05) is 17.3 Å². The van der Waals surface area contributed by atoms with E-state index in [4.69, 9.17) is 4.74 Å². The van der Waals surface area contributed by atoms with E-state index in [0.717, 1.165) is 28.7 Å². The second kappa shape index (κ2) is 7.58. The summed E-state index contributed by atoms with van der Waals surface area (Å²) in [5.41, 5.74) is 3.95. The summed E-state index contributed by atoms with van der Waals surface area (Å²) in [5, 5.41) is 4.49. The predicted octanol–water partition coefficient (Wildman–Crippen LogP) is 4.58. The molecule has 0 saturated carbocycles. The molecule has 3 rings (SSSR count). The number of benzene rings is 2. The molecule has 27 heavy (non-hydrogen) atoms. The van der Waals surface area contributed by atoms with Crippen molar-refractivity contribution in [3.63, 3.8) is 0 Å². The summed E-state index contributed by atoms with van der Waals surface area (Å²) in [6, 6.07) is 17.3. The molecule has 3 aromatic rings. The number of carbonyl (C=O) groups is 2. The number of hydrogen-bond donors (Lipinski definition) is 0. The highest BCUT2D eigenvalue weighted by Crippen LogP contribution is 2.25. The van der Waals surface area contributed by atoms with Crippen LogP contribution in [-0.2, 0) is 16.3 Å². The summed E-state index contributed by atoms with van der Waals surface area (Å²) < 4.78 is 6.89. The van der Waals surface area contributed by atoms with Crippen LogP contribution >= 0.6 is 0 Å². The third-order valence-corrected chi connectivity index (χ3v) is 4.12. The smallest absolute Gasteiger partial charge is 0.313 e. The Morgan fingerprint density at radius 2 is 1.74 bits per heavy atom. The monoisotopic (exact) mass is 362 g/mol. The number of aldehydes is 1. The van der Waals surface area contributed by atoms with E-state index in [2.05, 4.69) is 5.10 Å². The number of esters is 1. The van der Waals surface area contributed by atoms with Crippen LogP contribution in [0.4, 0.5) is 0 Å². The maximum atomic E-state index is 11.9. The normalized spacial score (nSPS) is 11.2. The lowest BCUT2D eigenvalue weighted by Crippen LogP contribution is -2.24. The lowest BCUT2D eigenvalue weighted by atomic mass is 9.98. The number of aromatic nitrogens is 2. The highest BCUT2D eigenvalue weighted by atomic mass is 16.5. The van der Waals surface area contributed by atoms with Gasteiger partial charge in [0.2, 0.25) is 0 Å². The molecule has 5 nitrogen and oxygen atoms in total. The average Bonchev–Trinajstić information content (AvgIpc) is 3.14. The van der Waals surface area contributed by atoms with Crippen molar-refractivity contribution in [2.75, 3.05) is 0 Å². The molecule has 5 heteroatoms. The van der Waals surface area contributed by atoms with Gasteiger partial charge < -0.3 is 4.74 Å². The van der Waals surface area contributed by atoms with Crippen molar-refractivity contribution < 1.29 is 14.3 Å². The second-order valence-electron chi connectivity index (χ2n) is 7.37. The second-order valence-corrected chi connectivity index (χ2v) is 7.37. The minimum atomic E-state index is -0.538. The first-order valence-electron chi connectivity index (χ1n) is 8.73. The van der Waals surface area contributed by atoms with Crippen molar-refractivity contribution in [1.29, 1.82) is 0 Å². The molecule has 138 valence electrons. The van der Waals surface area contributed by atoms with Gasteiger partial charge in [0.25, 0.3) is 0 Å². The van der Waals surface area contributed by atoms with Crippen LogP contribution in [0.3, 0.4) is 0 Å². The van der Waals surface area contributed by atoms with E-state index < -0.39 is 5.41 Å². The van der Waals surface area contributed by atoms with Gasteiger partial charge in [0.1, 0.15) is 6.29 Å². The molecule has 0 bridgehead atoms. The Morgan fingerprint density at radius 3 is 2.41 bits per heavy atom. The van der Waals surface area contributed by atoms with Gasteiger partial charge in [0.15, 0.2) is 6.73 Å². The number of nitrogens with zero attached hydrogens (tertiary/aromatic N) is 2. The van der Waals surface area contributed by atoms with E-state index in [-0.39, 0.29) is 12.7 Å². The predicted molar refractivity (Wildman–Crippen MR) is 104 cm³/mol. The number of ether oxygens (including phenoxy) is 1. The first kappa shape index (κ1) is 18.6.